The highest BCUT2D eigenvalue weighted by Gasteiger charge is 2.11. The van der Waals surface area contributed by atoms with Gasteiger partial charge in [-0.15, -0.1) is 11.3 Å². The van der Waals surface area contributed by atoms with Gasteiger partial charge in [0.2, 0.25) is 5.95 Å². The lowest BCUT2D eigenvalue weighted by molar-refractivity contribution is 0.311. The van der Waals surface area contributed by atoms with Crippen LogP contribution in [0.3, 0.4) is 0 Å². The molecule has 8 heteroatoms. The van der Waals surface area contributed by atoms with Crippen molar-refractivity contribution in [1.29, 1.82) is 0 Å². The van der Waals surface area contributed by atoms with E-state index in [9.17, 15) is 0 Å². The molecule has 3 N–H and O–H groups in total. The molecule has 3 aromatic rings. The molecule has 116 valence electrons. The summed E-state index contributed by atoms with van der Waals surface area (Å²) in [7, 11) is 1.85. The Morgan fingerprint density at radius 1 is 1.27 bits per heavy atom. The second-order valence-electron chi connectivity index (χ2n) is 4.81. The summed E-state index contributed by atoms with van der Waals surface area (Å²) in [6, 6.07) is 4.17. The van der Waals surface area contributed by atoms with Crippen LogP contribution < -0.4 is 10.6 Å². The van der Waals surface area contributed by atoms with Crippen molar-refractivity contribution in [3.63, 3.8) is 0 Å². The van der Waals surface area contributed by atoms with E-state index in [1.54, 1.807) is 22.2 Å². The quantitative estimate of drug-likeness (QED) is 0.612. The fourth-order valence-electron chi connectivity index (χ4n) is 2.16. The molecule has 22 heavy (non-hydrogen) atoms. The number of rotatable bonds is 7. The van der Waals surface area contributed by atoms with Gasteiger partial charge in [-0.05, 0) is 17.9 Å². The van der Waals surface area contributed by atoms with E-state index in [2.05, 4.69) is 43.2 Å². The van der Waals surface area contributed by atoms with Gasteiger partial charge in [-0.2, -0.15) is 15.1 Å². The molecule has 0 amide bonds. The molecule has 0 aromatic carbocycles. The van der Waals surface area contributed by atoms with Gasteiger partial charge >= 0.3 is 0 Å². The highest BCUT2D eigenvalue weighted by molar-refractivity contribution is 7.09. The standard InChI is InChI=1S/C14H18N6OS/c1-20-13-11(9-17-20)12(15-6-7-21)18-14(19-13)16-5-4-10-3-2-8-22-10/h2-3,8-9,21H,4-7H2,1H3,(H2,15,16,18,19). The number of aromatic nitrogens is 4. The van der Waals surface area contributed by atoms with Crippen LogP contribution in [0.1, 0.15) is 4.88 Å². The van der Waals surface area contributed by atoms with E-state index >= 15 is 0 Å². The Bertz CT molecular complexity index is 739. The number of anilines is 2. The third-order valence-corrected chi connectivity index (χ3v) is 4.17. The third kappa shape index (κ3) is 3.18. The highest BCUT2D eigenvalue weighted by atomic mass is 32.1. The van der Waals surface area contributed by atoms with Crippen molar-refractivity contribution in [1.82, 2.24) is 19.7 Å². The van der Waals surface area contributed by atoms with Crippen molar-refractivity contribution >= 4 is 34.1 Å². The molecule has 0 radical (unpaired) electrons. The lowest BCUT2D eigenvalue weighted by Crippen LogP contribution is -2.12. The number of aryl methyl sites for hydroxylation is 1. The van der Waals surface area contributed by atoms with Crippen LogP contribution >= 0.6 is 11.3 Å². The van der Waals surface area contributed by atoms with Crippen molar-refractivity contribution in [3.8, 4) is 0 Å². The maximum Gasteiger partial charge on any atom is 0.226 e. The van der Waals surface area contributed by atoms with Crippen molar-refractivity contribution in [3.05, 3.63) is 28.6 Å². The van der Waals surface area contributed by atoms with Crippen LogP contribution in [0.2, 0.25) is 0 Å². The fraction of sp³-hybridized carbons (Fsp3) is 0.357. The largest absolute Gasteiger partial charge is 0.395 e. The van der Waals surface area contributed by atoms with E-state index in [1.165, 1.54) is 4.88 Å². The lowest BCUT2D eigenvalue weighted by Gasteiger charge is -2.09. The van der Waals surface area contributed by atoms with Gasteiger partial charge in [0.15, 0.2) is 5.65 Å². The minimum absolute atomic E-state index is 0.0485. The number of hydrogen-bond donors (Lipinski definition) is 3. The van der Waals surface area contributed by atoms with Crippen molar-refractivity contribution in [2.24, 2.45) is 7.05 Å². The van der Waals surface area contributed by atoms with Crippen LogP contribution in [-0.4, -0.2) is 44.6 Å². The van der Waals surface area contributed by atoms with Gasteiger partial charge in [-0.1, -0.05) is 6.07 Å². The zero-order valence-corrected chi connectivity index (χ0v) is 13.1. The molecule has 3 rings (SSSR count). The van der Waals surface area contributed by atoms with Gasteiger partial charge < -0.3 is 15.7 Å². The SMILES string of the molecule is Cn1ncc2c(NCCO)nc(NCCc3cccs3)nc21. The molecule has 3 heterocycles. The molecule has 0 bridgehead atoms. The first-order valence-corrected chi connectivity index (χ1v) is 7.96. The smallest absolute Gasteiger partial charge is 0.226 e. The highest BCUT2D eigenvalue weighted by Crippen LogP contribution is 2.21. The van der Waals surface area contributed by atoms with Crippen molar-refractivity contribution in [2.75, 3.05) is 30.3 Å². The van der Waals surface area contributed by atoms with E-state index in [-0.39, 0.29) is 6.61 Å². The van der Waals surface area contributed by atoms with E-state index < -0.39 is 0 Å². The molecule has 0 fully saturated rings. The molecule has 0 aliphatic carbocycles. The molecule has 7 nitrogen and oxygen atoms in total. The van der Waals surface area contributed by atoms with Gasteiger partial charge in [0, 0.05) is 25.0 Å². The minimum Gasteiger partial charge on any atom is -0.395 e. The zero-order chi connectivity index (χ0) is 15.4. The normalized spacial score (nSPS) is 11.0. The van der Waals surface area contributed by atoms with Gasteiger partial charge in [-0.3, -0.25) is 4.68 Å². The topological polar surface area (TPSA) is 87.9 Å². The number of aliphatic hydroxyl groups excluding tert-OH is 1. The predicted octanol–water partition coefficient (Wildman–Crippen LogP) is 1.48. The molecular weight excluding hydrogens is 300 g/mol. The summed E-state index contributed by atoms with van der Waals surface area (Å²) in [6.07, 6.45) is 2.66. The second-order valence-corrected chi connectivity index (χ2v) is 5.84. The Hall–Kier alpha value is -2.19. The molecule has 3 aromatic heterocycles. The molecule has 0 spiro atoms. The summed E-state index contributed by atoms with van der Waals surface area (Å²) >= 11 is 1.74. The number of thiophene rings is 1. The number of nitrogens with one attached hydrogen (secondary N) is 2. The summed E-state index contributed by atoms with van der Waals surface area (Å²) in [5.41, 5.74) is 0.758. The molecule has 0 aliphatic rings. The maximum absolute atomic E-state index is 8.98. The average Bonchev–Trinajstić information content (AvgIpc) is 3.16. The van der Waals surface area contributed by atoms with Crippen molar-refractivity contribution < 1.29 is 5.11 Å². The van der Waals surface area contributed by atoms with E-state index in [0.29, 0.717) is 18.3 Å². The average molecular weight is 318 g/mol. The van der Waals surface area contributed by atoms with Gasteiger partial charge in [0.25, 0.3) is 0 Å². The molecular formula is C14H18N6OS. The van der Waals surface area contributed by atoms with Gasteiger partial charge in [0.1, 0.15) is 5.82 Å². The molecule has 0 saturated heterocycles. The van der Waals surface area contributed by atoms with E-state index in [4.69, 9.17) is 5.11 Å². The number of hydrogen-bond acceptors (Lipinski definition) is 7. The molecule has 0 saturated carbocycles. The number of aliphatic hydroxyl groups is 1. The number of nitrogens with zero attached hydrogens (tertiary/aromatic N) is 4. The predicted molar refractivity (Wildman–Crippen MR) is 88.4 cm³/mol. The first-order chi connectivity index (χ1) is 10.8. The maximum atomic E-state index is 8.98. The first-order valence-electron chi connectivity index (χ1n) is 7.08. The summed E-state index contributed by atoms with van der Waals surface area (Å²) in [5.74, 6) is 1.25. The summed E-state index contributed by atoms with van der Waals surface area (Å²) in [5, 5.41) is 22.5. The Kier molecular flexibility index (Phi) is 4.50. The van der Waals surface area contributed by atoms with Crippen LogP contribution in [0.25, 0.3) is 11.0 Å². The van der Waals surface area contributed by atoms with Gasteiger partial charge in [-0.25, -0.2) is 0 Å². The van der Waals surface area contributed by atoms with Crippen LogP contribution in [-0.2, 0) is 13.5 Å². The third-order valence-electron chi connectivity index (χ3n) is 3.23. The molecule has 0 aliphatic heterocycles. The Labute approximate surface area is 132 Å². The fourth-order valence-corrected chi connectivity index (χ4v) is 2.87. The first kappa shape index (κ1) is 14.7. The van der Waals surface area contributed by atoms with Gasteiger partial charge in [0.05, 0.1) is 18.2 Å². The Morgan fingerprint density at radius 2 is 2.18 bits per heavy atom. The van der Waals surface area contributed by atoms with Crippen molar-refractivity contribution in [2.45, 2.75) is 6.42 Å². The van der Waals surface area contributed by atoms with E-state index in [1.807, 2.05) is 7.05 Å². The zero-order valence-electron chi connectivity index (χ0n) is 12.3. The monoisotopic (exact) mass is 318 g/mol. The van der Waals surface area contributed by atoms with Crippen LogP contribution in [0.5, 0.6) is 0 Å². The number of fused-ring (bicyclic) bond motifs is 1. The summed E-state index contributed by atoms with van der Waals surface area (Å²) in [4.78, 5) is 10.3. The van der Waals surface area contributed by atoms with Crippen LogP contribution in [0.4, 0.5) is 11.8 Å². The Morgan fingerprint density at radius 3 is 2.95 bits per heavy atom. The summed E-state index contributed by atoms with van der Waals surface area (Å²) in [6.45, 7) is 1.26. The molecule has 0 atom stereocenters. The van der Waals surface area contributed by atoms with Crippen LogP contribution in [0, 0.1) is 0 Å². The lowest BCUT2D eigenvalue weighted by atomic mass is 10.3. The van der Waals surface area contributed by atoms with E-state index in [0.717, 1.165) is 24.0 Å². The minimum atomic E-state index is 0.0485. The summed E-state index contributed by atoms with van der Waals surface area (Å²) < 4.78 is 1.71. The molecule has 0 unspecified atom stereocenters. The van der Waals surface area contributed by atoms with Crippen LogP contribution in [0.15, 0.2) is 23.7 Å². The Balaban J connectivity index is 1.77. The second kappa shape index (κ2) is 6.71.